The second-order valence-corrected chi connectivity index (χ2v) is 3.44. The summed E-state index contributed by atoms with van der Waals surface area (Å²) in [6, 6.07) is 6.15. The molecular formula is C11H12BNO. The molecule has 2 nitrogen and oxygen atoms in total. The number of benzene rings is 1. The number of nitrogens with zero attached hydrogens (tertiary/aromatic N) is 1. The van der Waals surface area contributed by atoms with Gasteiger partial charge in [-0.3, -0.25) is 4.98 Å². The predicted octanol–water partition coefficient (Wildman–Crippen LogP) is 0.810. The Labute approximate surface area is 84.3 Å². The largest absolute Gasteiger partial charge is 0.494 e. The summed E-state index contributed by atoms with van der Waals surface area (Å²) in [6.45, 7) is 2.04. The summed E-state index contributed by atoms with van der Waals surface area (Å²) in [5, 5.41) is 1.16. The third kappa shape index (κ3) is 1.25. The number of aromatic nitrogens is 1. The summed E-state index contributed by atoms with van der Waals surface area (Å²) in [5.41, 5.74) is 3.33. The number of ether oxygens (including phenoxy) is 1. The van der Waals surface area contributed by atoms with Crippen LogP contribution in [-0.2, 0) is 0 Å². The van der Waals surface area contributed by atoms with Crippen molar-refractivity contribution in [2.75, 3.05) is 7.11 Å². The van der Waals surface area contributed by atoms with Gasteiger partial charge in [-0.15, -0.1) is 0 Å². The summed E-state index contributed by atoms with van der Waals surface area (Å²) in [7, 11) is 3.78. The molecule has 0 unspecified atom stereocenters. The first-order valence-corrected chi connectivity index (χ1v) is 4.63. The number of methoxy groups -OCH3 is 1. The highest BCUT2D eigenvalue weighted by Gasteiger charge is 2.07. The van der Waals surface area contributed by atoms with Crippen LogP contribution < -0.4 is 10.2 Å². The third-order valence-corrected chi connectivity index (χ3v) is 2.44. The zero-order valence-corrected chi connectivity index (χ0v) is 8.66. The number of aryl methyl sites for hydroxylation is 1. The van der Waals surface area contributed by atoms with Crippen LogP contribution in [0.2, 0.25) is 0 Å². The highest BCUT2D eigenvalue weighted by atomic mass is 16.5. The molecule has 0 spiro atoms. The van der Waals surface area contributed by atoms with Crippen LogP contribution in [0.4, 0.5) is 0 Å². The van der Waals surface area contributed by atoms with E-state index in [0.29, 0.717) is 0 Å². The standard InChI is InChI=1S/C11H12BNO/c1-7-6-9(12)8-4-3-5-13-10(8)11(7)14-2/h3-6H,12H2,1-2H3. The molecule has 0 saturated heterocycles. The lowest BCUT2D eigenvalue weighted by molar-refractivity contribution is 0.416. The molecule has 0 bridgehead atoms. The first kappa shape index (κ1) is 9.07. The van der Waals surface area contributed by atoms with Gasteiger partial charge >= 0.3 is 0 Å². The lowest BCUT2D eigenvalue weighted by Gasteiger charge is -2.10. The summed E-state index contributed by atoms with van der Waals surface area (Å²) in [5.74, 6) is 0.881. The molecule has 0 aliphatic rings. The fourth-order valence-corrected chi connectivity index (χ4v) is 1.82. The molecule has 0 amide bonds. The first-order chi connectivity index (χ1) is 6.74. The van der Waals surface area contributed by atoms with Gasteiger partial charge in [-0.2, -0.15) is 0 Å². The summed E-state index contributed by atoms with van der Waals surface area (Å²) < 4.78 is 5.35. The second-order valence-electron chi connectivity index (χ2n) is 3.44. The van der Waals surface area contributed by atoms with Crippen LogP contribution in [0.5, 0.6) is 5.75 Å². The van der Waals surface area contributed by atoms with E-state index in [0.717, 1.165) is 22.2 Å². The molecule has 2 aromatic rings. The highest BCUT2D eigenvalue weighted by Crippen LogP contribution is 2.25. The average molecular weight is 185 g/mol. The molecule has 70 valence electrons. The van der Waals surface area contributed by atoms with Crippen molar-refractivity contribution in [3.05, 3.63) is 30.0 Å². The molecule has 0 radical (unpaired) electrons. The van der Waals surface area contributed by atoms with Gasteiger partial charge in [0.25, 0.3) is 0 Å². The maximum absolute atomic E-state index is 5.35. The Morgan fingerprint density at radius 1 is 1.43 bits per heavy atom. The van der Waals surface area contributed by atoms with E-state index < -0.39 is 0 Å². The number of hydrogen-bond acceptors (Lipinski definition) is 2. The van der Waals surface area contributed by atoms with Crippen molar-refractivity contribution in [1.29, 1.82) is 0 Å². The number of pyridine rings is 1. The summed E-state index contributed by atoms with van der Waals surface area (Å²) in [4.78, 5) is 4.35. The molecule has 0 fully saturated rings. The Morgan fingerprint density at radius 3 is 2.93 bits per heavy atom. The predicted molar refractivity (Wildman–Crippen MR) is 61.2 cm³/mol. The second kappa shape index (κ2) is 3.33. The van der Waals surface area contributed by atoms with Crippen molar-refractivity contribution >= 4 is 24.2 Å². The Bertz CT molecular complexity index is 482. The molecule has 1 aromatic carbocycles. The van der Waals surface area contributed by atoms with Gasteiger partial charge in [-0.1, -0.05) is 17.6 Å². The zero-order chi connectivity index (χ0) is 10.1. The Kier molecular flexibility index (Phi) is 2.16. The van der Waals surface area contributed by atoms with E-state index in [1.54, 1.807) is 13.3 Å². The van der Waals surface area contributed by atoms with Crippen LogP contribution >= 0.6 is 0 Å². The number of rotatable bonds is 1. The fraction of sp³-hybridized carbons (Fsp3) is 0.182. The van der Waals surface area contributed by atoms with Crippen LogP contribution in [0.15, 0.2) is 24.4 Å². The van der Waals surface area contributed by atoms with E-state index in [2.05, 4.69) is 25.0 Å². The normalized spacial score (nSPS) is 10.4. The van der Waals surface area contributed by atoms with E-state index >= 15 is 0 Å². The zero-order valence-electron chi connectivity index (χ0n) is 8.66. The van der Waals surface area contributed by atoms with E-state index in [1.807, 2.05) is 13.0 Å². The Morgan fingerprint density at radius 2 is 2.21 bits per heavy atom. The van der Waals surface area contributed by atoms with Crippen molar-refractivity contribution < 1.29 is 4.74 Å². The summed E-state index contributed by atoms with van der Waals surface area (Å²) in [6.07, 6.45) is 1.80. The van der Waals surface area contributed by atoms with Gasteiger partial charge < -0.3 is 4.74 Å². The van der Waals surface area contributed by atoms with Gasteiger partial charge in [-0.25, -0.2) is 0 Å². The maximum Gasteiger partial charge on any atom is 0.147 e. The molecule has 14 heavy (non-hydrogen) atoms. The van der Waals surface area contributed by atoms with E-state index in [4.69, 9.17) is 4.74 Å². The quantitative estimate of drug-likeness (QED) is 0.613. The smallest absolute Gasteiger partial charge is 0.147 e. The van der Waals surface area contributed by atoms with Crippen LogP contribution in [0.3, 0.4) is 0 Å². The minimum Gasteiger partial charge on any atom is -0.494 e. The Hall–Kier alpha value is -1.51. The average Bonchev–Trinajstić information content (AvgIpc) is 2.18. The first-order valence-electron chi connectivity index (χ1n) is 4.63. The van der Waals surface area contributed by atoms with Crippen molar-refractivity contribution in [2.45, 2.75) is 6.92 Å². The van der Waals surface area contributed by atoms with Crippen molar-refractivity contribution in [1.82, 2.24) is 4.98 Å². The fourth-order valence-electron chi connectivity index (χ4n) is 1.82. The molecular weight excluding hydrogens is 173 g/mol. The molecule has 0 N–H and O–H groups in total. The molecule has 2 rings (SSSR count). The highest BCUT2D eigenvalue weighted by molar-refractivity contribution is 6.39. The van der Waals surface area contributed by atoms with E-state index in [-0.39, 0.29) is 0 Å². The summed E-state index contributed by atoms with van der Waals surface area (Å²) >= 11 is 0. The van der Waals surface area contributed by atoms with E-state index in [9.17, 15) is 0 Å². The molecule has 1 heterocycles. The van der Waals surface area contributed by atoms with Gasteiger partial charge in [0.2, 0.25) is 0 Å². The van der Waals surface area contributed by atoms with Crippen molar-refractivity contribution in [2.24, 2.45) is 0 Å². The SMILES string of the molecule is Bc1cc(C)c(OC)c2ncccc12. The van der Waals surface area contributed by atoms with E-state index in [1.165, 1.54) is 5.46 Å². The molecule has 0 aliphatic heterocycles. The monoisotopic (exact) mass is 185 g/mol. The van der Waals surface area contributed by atoms with Gasteiger partial charge in [0.1, 0.15) is 19.1 Å². The van der Waals surface area contributed by atoms with Gasteiger partial charge in [0, 0.05) is 6.20 Å². The third-order valence-electron chi connectivity index (χ3n) is 2.44. The van der Waals surface area contributed by atoms with Crippen LogP contribution in [0.1, 0.15) is 5.56 Å². The van der Waals surface area contributed by atoms with Gasteiger partial charge in [0.05, 0.1) is 7.11 Å². The lowest BCUT2D eigenvalue weighted by atomic mass is 9.89. The molecule has 3 heteroatoms. The molecule has 0 atom stereocenters. The van der Waals surface area contributed by atoms with Crippen LogP contribution in [-0.4, -0.2) is 19.9 Å². The number of fused-ring (bicyclic) bond motifs is 1. The van der Waals surface area contributed by atoms with Crippen LogP contribution in [0.25, 0.3) is 10.9 Å². The topological polar surface area (TPSA) is 22.1 Å². The van der Waals surface area contributed by atoms with Gasteiger partial charge in [-0.05, 0) is 23.9 Å². The van der Waals surface area contributed by atoms with Gasteiger partial charge in [0.15, 0.2) is 0 Å². The minimum absolute atomic E-state index is 0.881. The van der Waals surface area contributed by atoms with Crippen molar-refractivity contribution in [3.63, 3.8) is 0 Å². The molecule has 0 saturated carbocycles. The maximum atomic E-state index is 5.35. The number of hydrogen-bond donors (Lipinski definition) is 0. The van der Waals surface area contributed by atoms with Crippen LogP contribution in [0, 0.1) is 6.92 Å². The lowest BCUT2D eigenvalue weighted by Crippen LogP contribution is -2.07. The Balaban J connectivity index is 2.90. The van der Waals surface area contributed by atoms with Crippen molar-refractivity contribution in [3.8, 4) is 5.75 Å². The molecule has 1 aromatic heterocycles. The minimum atomic E-state index is 0.881. The molecule has 0 aliphatic carbocycles.